The van der Waals surface area contributed by atoms with Gasteiger partial charge in [-0.15, -0.1) is 0 Å². The van der Waals surface area contributed by atoms with E-state index in [0.29, 0.717) is 5.56 Å². The lowest BCUT2D eigenvalue weighted by molar-refractivity contribution is -0.145. The molecule has 0 N–H and O–H groups in total. The Hall–Kier alpha value is -2.62. The summed E-state index contributed by atoms with van der Waals surface area (Å²) in [5.41, 5.74) is 2.49. The van der Waals surface area contributed by atoms with Gasteiger partial charge in [0.25, 0.3) is 5.91 Å². The van der Waals surface area contributed by atoms with Gasteiger partial charge in [-0.3, -0.25) is 9.59 Å². The fraction of sp³-hybridized carbons (Fsp3) is 0.222. The fourth-order valence-corrected chi connectivity index (χ4v) is 2.05. The van der Waals surface area contributed by atoms with Gasteiger partial charge in [-0.25, -0.2) is 0 Å². The molecule has 0 unspecified atom stereocenters. The molecule has 0 saturated carbocycles. The number of hydrogen-bond donors (Lipinski definition) is 0. The third-order valence-electron chi connectivity index (χ3n) is 3.22. The molecule has 0 heterocycles. The number of nitrogens with zero attached hydrogens (tertiary/aromatic N) is 1. The van der Waals surface area contributed by atoms with Crippen LogP contribution in [0.3, 0.4) is 0 Å². The monoisotopic (exact) mass is 297 g/mol. The van der Waals surface area contributed by atoms with Crippen molar-refractivity contribution in [2.75, 3.05) is 13.6 Å². The fourth-order valence-electron chi connectivity index (χ4n) is 2.05. The Morgan fingerprint density at radius 3 is 2.45 bits per heavy atom. The van der Waals surface area contributed by atoms with Crippen molar-refractivity contribution in [2.45, 2.75) is 13.5 Å². The smallest absolute Gasteiger partial charge is 0.325 e. The van der Waals surface area contributed by atoms with Gasteiger partial charge < -0.3 is 9.64 Å². The number of hydrogen-bond acceptors (Lipinski definition) is 3. The number of ether oxygens (including phenoxy) is 1. The molecule has 0 fully saturated rings. The molecule has 0 saturated heterocycles. The zero-order valence-electron chi connectivity index (χ0n) is 12.8. The van der Waals surface area contributed by atoms with E-state index < -0.39 is 5.97 Å². The summed E-state index contributed by atoms with van der Waals surface area (Å²) in [5.74, 6) is -0.618. The van der Waals surface area contributed by atoms with Crippen LogP contribution in [0.1, 0.15) is 21.5 Å². The van der Waals surface area contributed by atoms with E-state index in [2.05, 4.69) is 0 Å². The number of amides is 1. The quantitative estimate of drug-likeness (QED) is 0.797. The summed E-state index contributed by atoms with van der Waals surface area (Å²) in [5, 5.41) is 0. The van der Waals surface area contributed by atoms with Crippen LogP contribution in [-0.4, -0.2) is 30.4 Å². The average Bonchev–Trinajstić information content (AvgIpc) is 2.53. The van der Waals surface area contributed by atoms with Crippen molar-refractivity contribution in [2.24, 2.45) is 0 Å². The summed E-state index contributed by atoms with van der Waals surface area (Å²) in [4.78, 5) is 25.4. The highest BCUT2D eigenvalue weighted by molar-refractivity contribution is 5.95. The largest absolute Gasteiger partial charge is 0.459 e. The van der Waals surface area contributed by atoms with Crippen LogP contribution in [0.15, 0.2) is 54.6 Å². The Bertz CT molecular complexity index is 652. The third-order valence-corrected chi connectivity index (χ3v) is 3.22. The minimum Gasteiger partial charge on any atom is -0.459 e. The molecule has 114 valence electrons. The summed E-state index contributed by atoms with van der Waals surface area (Å²) in [6, 6.07) is 16.7. The van der Waals surface area contributed by atoms with Crippen LogP contribution >= 0.6 is 0 Å². The van der Waals surface area contributed by atoms with Gasteiger partial charge in [0.05, 0.1) is 0 Å². The molecule has 0 aliphatic rings. The summed E-state index contributed by atoms with van der Waals surface area (Å²) < 4.78 is 5.18. The first-order valence-corrected chi connectivity index (χ1v) is 7.08. The molecule has 0 aliphatic carbocycles. The van der Waals surface area contributed by atoms with Crippen molar-refractivity contribution in [1.29, 1.82) is 0 Å². The second-order valence-corrected chi connectivity index (χ2v) is 5.18. The molecule has 0 radical (unpaired) electrons. The number of carbonyl (C=O) groups is 2. The topological polar surface area (TPSA) is 46.6 Å². The molecular weight excluding hydrogens is 278 g/mol. The molecule has 0 aromatic heterocycles. The molecule has 0 spiro atoms. The number of likely N-dealkylation sites (N-methyl/N-ethyl adjacent to an activating group) is 1. The van der Waals surface area contributed by atoms with Gasteiger partial charge in [0.15, 0.2) is 0 Å². The molecule has 0 aliphatic heterocycles. The minimum absolute atomic E-state index is 0.0698. The van der Waals surface area contributed by atoms with Gasteiger partial charge in [-0.1, -0.05) is 48.0 Å². The predicted octanol–water partition coefficient (Wildman–Crippen LogP) is 2.81. The first-order valence-electron chi connectivity index (χ1n) is 7.08. The third kappa shape index (κ3) is 4.45. The van der Waals surface area contributed by atoms with Gasteiger partial charge in [0.2, 0.25) is 0 Å². The van der Waals surface area contributed by atoms with E-state index in [9.17, 15) is 9.59 Å². The van der Waals surface area contributed by atoms with E-state index in [1.165, 1.54) is 4.90 Å². The molecule has 2 rings (SSSR count). The molecule has 2 aromatic carbocycles. The van der Waals surface area contributed by atoms with E-state index in [1.807, 2.05) is 49.4 Å². The predicted molar refractivity (Wildman–Crippen MR) is 84.4 cm³/mol. The Labute approximate surface area is 130 Å². The zero-order valence-corrected chi connectivity index (χ0v) is 12.8. The molecular formula is C18H19NO3. The van der Waals surface area contributed by atoms with Gasteiger partial charge in [-0.05, 0) is 24.6 Å². The Kier molecular flexibility index (Phi) is 5.31. The van der Waals surface area contributed by atoms with E-state index in [1.54, 1.807) is 19.2 Å². The van der Waals surface area contributed by atoms with Crippen molar-refractivity contribution in [3.63, 3.8) is 0 Å². The van der Waals surface area contributed by atoms with Crippen LogP contribution in [0.5, 0.6) is 0 Å². The van der Waals surface area contributed by atoms with Gasteiger partial charge in [0.1, 0.15) is 13.2 Å². The van der Waals surface area contributed by atoms with E-state index >= 15 is 0 Å². The van der Waals surface area contributed by atoms with Crippen LogP contribution < -0.4 is 0 Å². The standard InChI is InChI=1S/C18H19NO3/c1-14-7-6-10-16(11-14)18(21)19(2)12-17(20)22-13-15-8-4-3-5-9-15/h3-11H,12-13H2,1-2H3. The molecule has 0 bridgehead atoms. The van der Waals surface area contributed by atoms with E-state index in [0.717, 1.165) is 11.1 Å². The molecule has 4 heteroatoms. The van der Waals surface area contributed by atoms with Crippen LogP contribution in [0.25, 0.3) is 0 Å². The molecule has 4 nitrogen and oxygen atoms in total. The first-order chi connectivity index (χ1) is 10.6. The van der Waals surface area contributed by atoms with Gasteiger partial charge >= 0.3 is 5.97 Å². The molecule has 22 heavy (non-hydrogen) atoms. The van der Waals surface area contributed by atoms with Crippen LogP contribution in [-0.2, 0) is 16.1 Å². The Morgan fingerprint density at radius 2 is 1.77 bits per heavy atom. The van der Waals surface area contributed by atoms with E-state index in [-0.39, 0.29) is 19.1 Å². The second kappa shape index (κ2) is 7.41. The van der Waals surface area contributed by atoms with Crippen molar-refractivity contribution < 1.29 is 14.3 Å². The lowest BCUT2D eigenvalue weighted by Gasteiger charge is -2.16. The van der Waals surface area contributed by atoms with Crippen molar-refractivity contribution in [3.05, 3.63) is 71.3 Å². The maximum Gasteiger partial charge on any atom is 0.325 e. The van der Waals surface area contributed by atoms with Crippen LogP contribution in [0.4, 0.5) is 0 Å². The number of carbonyl (C=O) groups excluding carboxylic acids is 2. The van der Waals surface area contributed by atoms with Crippen molar-refractivity contribution in [3.8, 4) is 0 Å². The maximum absolute atomic E-state index is 12.2. The highest BCUT2D eigenvalue weighted by Gasteiger charge is 2.15. The van der Waals surface area contributed by atoms with Gasteiger partial charge in [-0.2, -0.15) is 0 Å². The molecule has 2 aromatic rings. The summed E-state index contributed by atoms with van der Waals surface area (Å²) >= 11 is 0. The lowest BCUT2D eigenvalue weighted by atomic mass is 10.1. The number of esters is 1. The Morgan fingerprint density at radius 1 is 1.05 bits per heavy atom. The first kappa shape index (κ1) is 15.8. The highest BCUT2D eigenvalue weighted by Crippen LogP contribution is 2.07. The maximum atomic E-state index is 12.2. The molecule has 0 atom stereocenters. The SMILES string of the molecule is Cc1cccc(C(=O)N(C)CC(=O)OCc2ccccc2)c1. The minimum atomic E-state index is -0.424. The Balaban J connectivity index is 1.87. The highest BCUT2D eigenvalue weighted by atomic mass is 16.5. The number of rotatable bonds is 5. The summed E-state index contributed by atoms with van der Waals surface area (Å²) in [6.07, 6.45) is 0. The number of aryl methyl sites for hydroxylation is 1. The van der Waals surface area contributed by atoms with Crippen molar-refractivity contribution in [1.82, 2.24) is 4.90 Å². The van der Waals surface area contributed by atoms with Crippen LogP contribution in [0, 0.1) is 6.92 Å². The second-order valence-electron chi connectivity index (χ2n) is 5.18. The summed E-state index contributed by atoms with van der Waals surface area (Å²) in [7, 11) is 1.59. The van der Waals surface area contributed by atoms with E-state index in [4.69, 9.17) is 4.74 Å². The normalized spacial score (nSPS) is 10.1. The summed E-state index contributed by atoms with van der Waals surface area (Å²) in [6.45, 7) is 2.07. The lowest BCUT2D eigenvalue weighted by Crippen LogP contribution is -2.33. The average molecular weight is 297 g/mol. The van der Waals surface area contributed by atoms with Gasteiger partial charge in [0, 0.05) is 12.6 Å². The van der Waals surface area contributed by atoms with Crippen LogP contribution in [0.2, 0.25) is 0 Å². The van der Waals surface area contributed by atoms with Crippen molar-refractivity contribution >= 4 is 11.9 Å². The molecule has 1 amide bonds. The number of benzene rings is 2. The zero-order chi connectivity index (χ0) is 15.9.